The Hall–Kier alpha value is -2.28. The van der Waals surface area contributed by atoms with E-state index in [9.17, 15) is 5.11 Å². The number of hydrogen-bond donors (Lipinski definition) is 3. The molecule has 0 fully saturated rings. The van der Waals surface area contributed by atoms with E-state index >= 15 is 0 Å². The normalized spacial score (nSPS) is 11.4. The predicted octanol–water partition coefficient (Wildman–Crippen LogP) is 2.46. The van der Waals surface area contributed by atoms with Crippen molar-refractivity contribution >= 4 is 17.3 Å². The van der Waals surface area contributed by atoms with E-state index in [-0.39, 0.29) is 5.75 Å². The minimum atomic E-state index is 0.127. The monoisotopic (exact) mass is 348 g/mol. The third-order valence-electron chi connectivity index (χ3n) is 3.31. The minimum Gasteiger partial charge on any atom is -0.504 e. The van der Waals surface area contributed by atoms with Gasteiger partial charge >= 0.3 is 0 Å². The largest absolute Gasteiger partial charge is 0.504 e. The van der Waals surface area contributed by atoms with Gasteiger partial charge < -0.3 is 20.5 Å². The van der Waals surface area contributed by atoms with E-state index in [1.54, 1.807) is 23.5 Å². The number of nitrogens with one attached hydrogen (secondary N) is 2. The third-order valence-corrected chi connectivity index (χ3v) is 4.28. The number of thiazole rings is 1. The summed E-state index contributed by atoms with van der Waals surface area (Å²) in [6, 6.07) is 5.31. The summed E-state index contributed by atoms with van der Waals surface area (Å²) in [6.07, 6.45) is 2.77. The van der Waals surface area contributed by atoms with Crippen LogP contribution in [0, 0.1) is 6.92 Å². The van der Waals surface area contributed by atoms with Gasteiger partial charge in [-0.2, -0.15) is 0 Å². The van der Waals surface area contributed by atoms with Crippen LogP contribution in [0.3, 0.4) is 0 Å². The highest BCUT2D eigenvalue weighted by Crippen LogP contribution is 2.26. The Morgan fingerprint density at radius 1 is 1.38 bits per heavy atom. The molecule has 2 rings (SSSR count). The molecule has 0 aliphatic rings. The summed E-state index contributed by atoms with van der Waals surface area (Å²) in [4.78, 5) is 10.1. The SMILES string of the molecule is CCNC(=NCc1ccc(OC)c(O)c1)NCCc1ncc(C)s1. The minimum absolute atomic E-state index is 0.127. The summed E-state index contributed by atoms with van der Waals surface area (Å²) in [5, 5.41) is 17.5. The van der Waals surface area contributed by atoms with Crippen molar-refractivity contribution in [3.63, 3.8) is 0 Å². The summed E-state index contributed by atoms with van der Waals surface area (Å²) in [5.74, 6) is 1.34. The fraction of sp³-hybridized carbons (Fsp3) is 0.412. The van der Waals surface area contributed by atoms with Gasteiger partial charge in [0.05, 0.1) is 18.7 Å². The van der Waals surface area contributed by atoms with E-state index < -0.39 is 0 Å². The molecule has 0 unspecified atom stereocenters. The molecular formula is C17H24N4O2S. The van der Waals surface area contributed by atoms with Crippen molar-refractivity contribution in [1.82, 2.24) is 15.6 Å². The fourth-order valence-corrected chi connectivity index (χ4v) is 2.94. The van der Waals surface area contributed by atoms with E-state index in [1.165, 1.54) is 12.0 Å². The van der Waals surface area contributed by atoms with Gasteiger partial charge in [-0.3, -0.25) is 0 Å². The summed E-state index contributed by atoms with van der Waals surface area (Å²) in [7, 11) is 1.53. The maximum atomic E-state index is 9.82. The molecule has 0 aliphatic heterocycles. The van der Waals surface area contributed by atoms with Gasteiger partial charge in [0, 0.05) is 30.6 Å². The van der Waals surface area contributed by atoms with Gasteiger partial charge in [-0.25, -0.2) is 9.98 Å². The molecule has 0 radical (unpaired) electrons. The highest BCUT2D eigenvalue weighted by Gasteiger charge is 2.04. The molecule has 0 aliphatic carbocycles. The number of aliphatic imine (C=N–C) groups is 1. The zero-order chi connectivity index (χ0) is 17.4. The Labute approximate surface area is 146 Å². The molecule has 1 aromatic carbocycles. The van der Waals surface area contributed by atoms with Crippen LogP contribution in [0.5, 0.6) is 11.5 Å². The van der Waals surface area contributed by atoms with Crippen LogP contribution in [0.4, 0.5) is 0 Å². The topological polar surface area (TPSA) is 78.8 Å². The van der Waals surface area contributed by atoms with E-state index in [2.05, 4.69) is 27.5 Å². The number of phenolic OH excluding ortho intramolecular Hbond substituents is 1. The van der Waals surface area contributed by atoms with Crippen molar-refractivity contribution in [1.29, 1.82) is 0 Å². The Morgan fingerprint density at radius 3 is 2.83 bits per heavy atom. The van der Waals surface area contributed by atoms with Crippen molar-refractivity contribution in [2.45, 2.75) is 26.8 Å². The molecule has 0 bridgehead atoms. The molecule has 130 valence electrons. The number of hydrogen-bond acceptors (Lipinski definition) is 5. The number of ether oxygens (including phenoxy) is 1. The average Bonchev–Trinajstić information content (AvgIpc) is 2.98. The van der Waals surface area contributed by atoms with Crippen LogP contribution in [-0.4, -0.2) is 36.2 Å². The van der Waals surface area contributed by atoms with E-state index in [0.29, 0.717) is 12.3 Å². The van der Waals surface area contributed by atoms with Crippen molar-refractivity contribution in [2.24, 2.45) is 4.99 Å². The first-order valence-electron chi connectivity index (χ1n) is 7.91. The second-order valence-corrected chi connectivity index (χ2v) is 6.56. The molecule has 2 aromatic rings. The van der Waals surface area contributed by atoms with Crippen molar-refractivity contribution < 1.29 is 9.84 Å². The summed E-state index contributed by atoms with van der Waals surface area (Å²) in [6.45, 7) is 6.12. The molecule has 1 aromatic heterocycles. The van der Waals surface area contributed by atoms with Crippen LogP contribution in [0.15, 0.2) is 29.4 Å². The quantitative estimate of drug-likeness (QED) is 0.529. The van der Waals surface area contributed by atoms with Gasteiger partial charge in [0.25, 0.3) is 0 Å². The standard InChI is InChI=1S/C17H24N4O2S/c1-4-18-17(19-8-7-16-20-10-12(2)24-16)21-11-13-5-6-15(23-3)14(22)9-13/h5-6,9-10,22H,4,7-8,11H2,1-3H3,(H2,18,19,21). The first-order valence-corrected chi connectivity index (χ1v) is 8.73. The first-order chi connectivity index (χ1) is 11.6. The average molecular weight is 348 g/mol. The Bertz CT molecular complexity index is 685. The number of aryl methyl sites for hydroxylation is 1. The zero-order valence-corrected chi connectivity index (χ0v) is 15.1. The molecule has 0 spiro atoms. The summed E-state index contributed by atoms with van der Waals surface area (Å²) in [5.41, 5.74) is 0.918. The van der Waals surface area contributed by atoms with Crippen LogP contribution < -0.4 is 15.4 Å². The number of benzene rings is 1. The van der Waals surface area contributed by atoms with Gasteiger partial charge in [0.15, 0.2) is 17.5 Å². The molecule has 3 N–H and O–H groups in total. The predicted molar refractivity (Wildman–Crippen MR) is 98.0 cm³/mol. The molecule has 24 heavy (non-hydrogen) atoms. The molecule has 0 amide bonds. The number of aromatic hydroxyl groups is 1. The van der Waals surface area contributed by atoms with Gasteiger partial charge in [-0.1, -0.05) is 6.07 Å². The number of guanidine groups is 1. The van der Waals surface area contributed by atoms with Gasteiger partial charge in [-0.05, 0) is 31.5 Å². The van der Waals surface area contributed by atoms with Gasteiger partial charge in [-0.15, -0.1) is 11.3 Å². The molecule has 7 heteroatoms. The Morgan fingerprint density at radius 2 is 2.21 bits per heavy atom. The number of phenols is 1. The summed E-state index contributed by atoms with van der Waals surface area (Å²) >= 11 is 1.72. The van der Waals surface area contributed by atoms with Crippen molar-refractivity contribution in [3.05, 3.63) is 39.8 Å². The summed E-state index contributed by atoms with van der Waals surface area (Å²) < 4.78 is 5.05. The Balaban J connectivity index is 1.91. The second-order valence-electron chi connectivity index (χ2n) is 5.24. The molecule has 0 atom stereocenters. The molecule has 0 saturated carbocycles. The van der Waals surface area contributed by atoms with Crippen LogP contribution in [0.2, 0.25) is 0 Å². The maximum absolute atomic E-state index is 9.82. The van der Waals surface area contributed by atoms with Crippen LogP contribution in [-0.2, 0) is 13.0 Å². The number of methoxy groups -OCH3 is 1. The lowest BCUT2D eigenvalue weighted by Gasteiger charge is -2.11. The van der Waals surface area contributed by atoms with E-state index in [1.807, 2.05) is 19.2 Å². The number of nitrogens with zero attached hydrogens (tertiary/aromatic N) is 2. The fourth-order valence-electron chi connectivity index (χ4n) is 2.15. The first kappa shape index (κ1) is 18.1. The lowest BCUT2D eigenvalue weighted by atomic mass is 10.2. The van der Waals surface area contributed by atoms with Gasteiger partial charge in [0.2, 0.25) is 0 Å². The van der Waals surface area contributed by atoms with Crippen LogP contribution >= 0.6 is 11.3 Å². The number of rotatable bonds is 7. The van der Waals surface area contributed by atoms with Gasteiger partial charge in [0.1, 0.15) is 0 Å². The van der Waals surface area contributed by atoms with Crippen LogP contribution in [0.25, 0.3) is 0 Å². The van der Waals surface area contributed by atoms with E-state index in [0.717, 1.165) is 36.0 Å². The maximum Gasteiger partial charge on any atom is 0.191 e. The third kappa shape index (κ3) is 5.42. The highest BCUT2D eigenvalue weighted by molar-refractivity contribution is 7.11. The van der Waals surface area contributed by atoms with Crippen LogP contribution in [0.1, 0.15) is 22.4 Å². The van der Waals surface area contributed by atoms with E-state index in [4.69, 9.17) is 4.74 Å². The molecule has 1 heterocycles. The highest BCUT2D eigenvalue weighted by atomic mass is 32.1. The number of aromatic nitrogens is 1. The second kappa shape index (κ2) is 9.12. The smallest absolute Gasteiger partial charge is 0.191 e. The molecule has 6 nitrogen and oxygen atoms in total. The van der Waals surface area contributed by atoms with Crippen molar-refractivity contribution in [2.75, 3.05) is 20.2 Å². The lowest BCUT2D eigenvalue weighted by Crippen LogP contribution is -2.38. The molecular weight excluding hydrogens is 324 g/mol. The Kier molecular flexibility index (Phi) is 6.87. The zero-order valence-electron chi connectivity index (χ0n) is 14.3. The molecule has 0 saturated heterocycles. The lowest BCUT2D eigenvalue weighted by molar-refractivity contribution is 0.373. The van der Waals surface area contributed by atoms with Crippen molar-refractivity contribution in [3.8, 4) is 11.5 Å².